The first-order valence-corrected chi connectivity index (χ1v) is 4.61. The van der Waals surface area contributed by atoms with Gasteiger partial charge in [0.2, 0.25) is 0 Å². The lowest BCUT2D eigenvalue weighted by Crippen LogP contribution is -1.96. The van der Waals surface area contributed by atoms with Crippen molar-refractivity contribution in [2.75, 3.05) is 7.11 Å². The van der Waals surface area contributed by atoms with E-state index in [0.717, 1.165) is 12.0 Å². The number of ether oxygens (including phenoxy) is 1. The molecule has 1 heterocycles. The van der Waals surface area contributed by atoms with E-state index >= 15 is 0 Å². The van der Waals surface area contributed by atoms with Crippen molar-refractivity contribution in [2.24, 2.45) is 0 Å². The lowest BCUT2D eigenvalue weighted by molar-refractivity contribution is 0.112. The van der Waals surface area contributed by atoms with Gasteiger partial charge in [-0.3, -0.25) is 4.79 Å². The van der Waals surface area contributed by atoms with Gasteiger partial charge >= 0.3 is 0 Å². The Morgan fingerprint density at radius 1 is 1.27 bits per heavy atom. The average Bonchev–Trinajstić information content (AvgIpc) is 2.81. The Morgan fingerprint density at radius 3 is 2.60 bits per heavy atom. The van der Waals surface area contributed by atoms with Gasteiger partial charge in [-0.2, -0.15) is 0 Å². The molecular weight excluding hydrogens is 190 g/mol. The summed E-state index contributed by atoms with van der Waals surface area (Å²) in [5.74, 6) is 0.688. The highest BCUT2D eigenvalue weighted by Gasteiger charge is 2.04. The van der Waals surface area contributed by atoms with Gasteiger partial charge in [0, 0.05) is 18.0 Å². The lowest BCUT2D eigenvalue weighted by atomic mass is 10.2. The molecular formula is C12H11NO2. The van der Waals surface area contributed by atoms with Crippen LogP contribution in [0.3, 0.4) is 0 Å². The van der Waals surface area contributed by atoms with E-state index in [1.165, 1.54) is 0 Å². The molecule has 0 radical (unpaired) electrons. The van der Waals surface area contributed by atoms with E-state index in [0.29, 0.717) is 11.3 Å². The SMILES string of the molecule is COc1ccc(-n2cccc2)c(C=O)c1. The maximum atomic E-state index is 10.9. The van der Waals surface area contributed by atoms with Crippen LogP contribution in [0.5, 0.6) is 5.75 Å². The van der Waals surface area contributed by atoms with Crippen molar-refractivity contribution in [1.29, 1.82) is 0 Å². The zero-order chi connectivity index (χ0) is 10.7. The highest BCUT2D eigenvalue weighted by atomic mass is 16.5. The van der Waals surface area contributed by atoms with Crippen molar-refractivity contribution < 1.29 is 9.53 Å². The maximum Gasteiger partial charge on any atom is 0.152 e. The van der Waals surface area contributed by atoms with Crippen molar-refractivity contribution in [3.63, 3.8) is 0 Å². The third-order valence-corrected chi connectivity index (χ3v) is 2.24. The molecule has 3 heteroatoms. The van der Waals surface area contributed by atoms with E-state index in [1.54, 1.807) is 13.2 Å². The van der Waals surface area contributed by atoms with Crippen LogP contribution in [-0.4, -0.2) is 18.0 Å². The van der Waals surface area contributed by atoms with Crippen LogP contribution in [0.25, 0.3) is 5.69 Å². The molecule has 76 valence electrons. The van der Waals surface area contributed by atoms with Gasteiger partial charge in [0.15, 0.2) is 6.29 Å². The summed E-state index contributed by atoms with van der Waals surface area (Å²) in [6, 6.07) is 9.25. The molecule has 3 nitrogen and oxygen atoms in total. The molecule has 2 aromatic rings. The van der Waals surface area contributed by atoms with Gasteiger partial charge in [-0.1, -0.05) is 0 Å². The normalized spacial score (nSPS) is 9.93. The summed E-state index contributed by atoms with van der Waals surface area (Å²) in [6.45, 7) is 0. The molecule has 0 N–H and O–H groups in total. The highest BCUT2D eigenvalue weighted by molar-refractivity contribution is 5.81. The molecule has 0 amide bonds. The minimum absolute atomic E-state index is 0.616. The Balaban J connectivity index is 2.52. The Morgan fingerprint density at radius 2 is 2.00 bits per heavy atom. The maximum absolute atomic E-state index is 10.9. The second-order valence-corrected chi connectivity index (χ2v) is 3.13. The van der Waals surface area contributed by atoms with Gasteiger partial charge in [-0.15, -0.1) is 0 Å². The largest absolute Gasteiger partial charge is 0.497 e. The zero-order valence-corrected chi connectivity index (χ0v) is 8.38. The van der Waals surface area contributed by atoms with Gasteiger partial charge in [-0.25, -0.2) is 0 Å². The summed E-state index contributed by atoms with van der Waals surface area (Å²) >= 11 is 0. The van der Waals surface area contributed by atoms with Crippen molar-refractivity contribution in [3.8, 4) is 11.4 Å². The van der Waals surface area contributed by atoms with Crippen LogP contribution in [0.2, 0.25) is 0 Å². The van der Waals surface area contributed by atoms with Crippen LogP contribution in [0.1, 0.15) is 10.4 Å². The Kier molecular flexibility index (Phi) is 2.54. The van der Waals surface area contributed by atoms with Gasteiger partial charge in [-0.05, 0) is 30.3 Å². The van der Waals surface area contributed by atoms with Crippen LogP contribution in [-0.2, 0) is 0 Å². The van der Waals surface area contributed by atoms with Crippen molar-refractivity contribution >= 4 is 6.29 Å². The molecule has 1 aromatic heterocycles. The summed E-state index contributed by atoms with van der Waals surface area (Å²) in [6.07, 6.45) is 4.63. The predicted molar refractivity (Wildman–Crippen MR) is 57.7 cm³/mol. The lowest BCUT2D eigenvalue weighted by Gasteiger charge is -2.07. The number of methoxy groups -OCH3 is 1. The smallest absolute Gasteiger partial charge is 0.152 e. The first-order chi connectivity index (χ1) is 7.35. The fourth-order valence-corrected chi connectivity index (χ4v) is 1.48. The fourth-order valence-electron chi connectivity index (χ4n) is 1.48. The zero-order valence-electron chi connectivity index (χ0n) is 8.38. The van der Waals surface area contributed by atoms with E-state index in [1.807, 2.05) is 41.2 Å². The number of aldehydes is 1. The molecule has 15 heavy (non-hydrogen) atoms. The average molecular weight is 201 g/mol. The number of hydrogen-bond donors (Lipinski definition) is 0. The van der Waals surface area contributed by atoms with Crippen molar-refractivity contribution in [1.82, 2.24) is 4.57 Å². The molecule has 0 unspecified atom stereocenters. The Labute approximate surface area is 87.9 Å². The van der Waals surface area contributed by atoms with Gasteiger partial charge in [0.25, 0.3) is 0 Å². The number of nitrogens with zero attached hydrogens (tertiary/aromatic N) is 1. The Bertz CT molecular complexity index is 460. The summed E-state index contributed by atoms with van der Waals surface area (Å²) in [5.41, 5.74) is 1.47. The summed E-state index contributed by atoms with van der Waals surface area (Å²) in [4.78, 5) is 10.9. The van der Waals surface area contributed by atoms with Crippen molar-refractivity contribution in [3.05, 3.63) is 48.3 Å². The molecule has 0 saturated carbocycles. The van der Waals surface area contributed by atoms with E-state index in [-0.39, 0.29) is 0 Å². The number of carbonyl (C=O) groups is 1. The second kappa shape index (κ2) is 4.00. The van der Waals surface area contributed by atoms with Crippen LogP contribution in [0.15, 0.2) is 42.7 Å². The standard InChI is InChI=1S/C12H11NO2/c1-15-11-4-5-12(10(8-11)9-14)13-6-2-3-7-13/h2-9H,1H3. The number of hydrogen-bond acceptors (Lipinski definition) is 2. The molecule has 0 aliphatic heterocycles. The fraction of sp³-hybridized carbons (Fsp3) is 0.0833. The Hall–Kier alpha value is -2.03. The van der Waals surface area contributed by atoms with E-state index in [4.69, 9.17) is 4.74 Å². The topological polar surface area (TPSA) is 31.2 Å². The summed E-state index contributed by atoms with van der Waals surface area (Å²) in [7, 11) is 1.58. The number of aromatic nitrogens is 1. The molecule has 0 bridgehead atoms. The molecule has 0 aliphatic rings. The van der Waals surface area contributed by atoms with Crippen LogP contribution < -0.4 is 4.74 Å². The third kappa shape index (κ3) is 1.76. The van der Waals surface area contributed by atoms with Crippen LogP contribution in [0.4, 0.5) is 0 Å². The number of benzene rings is 1. The third-order valence-electron chi connectivity index (χ3n) is 2.24. The minimum atomic E-state index is 0.616. The first-order valence-electron chi connectivity index (χ1n) is 4.61. The second-order valence-electron chi connectivity index (χ2n) is 3.13. The molecule has 0 saturated heterocycles. The molecule has 2 rings (SSSR count). The molecule has 0 fully saturated rings. The van der Waals surface area contributed by atoms with Crippen molar-refractivity contribution in [2.45, 2.75) is 0 Å². The monoisotopic (exact) mass is 201 g/mol. The van der Waals surface area contributed by atoms with Crippen LogP contribution >= 0.6 is 0 Å². The quantitative estimate of drug-likeness (QED) is 0.713. The van der Waals surface area contributed by atoms with Gasteiger partial charge in [0.1, 0.15) is 5.75 Å². The predicted octanol–water partition coefficient (Wildman–Crippen LogP) is 2.30. The molecule has 0 atom stereocenters. The van der Waals surface area contributed by atoms with E-state index in [2.05, 4.69) is 0 Å². The van der Waals surface area contributed by atoms with E-state index in [9.17, 15) is 4.79 Å². The number of carbonyl (C=O) groups excluding carboxylic acids is 1. The molecule has 0 spiro atoms. The molecule has 0 aliphatic carbocycles. The highest BCUT2D eigenvalue weighted by Crippen LogP contribution is 2.19. The minimum Gasteiger partial charge on any atom is -0.497 e. The van der Waals surface area contributed by atoms with Crippen LogP contribution in [0, 0.1) is 0 Å². The summed E-state index contributed by atoms with van der Waals surface area (Å²) < 4.78 is 6.95. The number of rotatable bonds is 3. The molecule has 1 aromatic carbocycles. The van der Waals surface area contributed by atoms with E-state index < -0.39 is 0 Å². The van der Waals surface area contributed by atoms with Gasteiger partial charge in [0.05, 0.1) is 12.8 Å². The van der Waals surface area contributed by atoms with Gasteiger partial charge < -0.3 is 9.30 Å². The first kappa shape index (κ1) is 9.52. The summed E-state index contributed by atoms with van der Waals surface area (Å²) in [5, 5.41) is 0.